The molecule has 0 atom stereocenters. The molecule has 1 aromatic rings. The number of rotatable bonds is 9. The number of thioether (sulfide) groups is 1. The van der Waals surface area contributed by atoms with Gasteiger partial charge in [0.2, 0.25) is 0 Å². The molecule has 1 rings (SSSR count). The van der Waals surface area contributed by atoms with Gasteiger partial charge in [-0.05, 0) is 36.9 Å². The van der Waals surface area contributed by atoms with E-state index in [-0.39, 0.29) is 0 Å². The first-order chi connectivity index (χ1) is 9.11. The van der Waals surface area contributed by atoms with Gasteiger partial charge in [0.15, 0.2) is 0 Å². The Bertz CT molecular complexity index is 352. The van der Waals surface area contributed by atoms with Gasteiger partial charge in [-0.1, -0.05) is 38.1 Å². The van der Waals surface area contributed by atoms with Crippen LogP contribution in [0.15, 0.2) is 24.3 Å². The van der Waals surface area contributed by atoms with Crippen LogP contribution in [0.5, 0.6) is 0 Å². The zero-order valence-electron chi connectivity index (χ0n) is 12.8. The van der Waals surface area contributed by atoms with Crippen LogP contribution < -0.4 is 5.32 Å². The standard InChI is InChI=1S/C16H28N2S/c1-14(2)11-17-12-15-6-5-7-16(10-15)13-18(3)8-9-19-4/h5-7,10,14,17H,8-9,11-13H2,1-4H3. The van der Waals surface area contributed by atoms with Crippen LogP contribution in [0, 0.1) is 5.92 Å². The van der Waals surface area contributed by atoms with E-state index >= 15 is 0 Å². The fourth-order valence-corrected chi connectivity index (χ4v) is 2.48. The van der Waals surface area contributed by atoms with Crippen LogP contribution in [0.25, 0.3) is 0 Å². The Kier molecular flexibility index (Phi) is 8.19. The Labute approximate surface area is 123 Å². The van der Waals surface area contributed by atoms with E-state index in [9.17, 15) is 0 Å². The van der Waals surface area contributed by atoms with Gasteiger partial charge < -0.3 is 10.2 Å². The third-order valence-electron chi connectivity index (χ3n) is 3.00. The van der Waals surface area contributed by atoms with Gasteiger partial charge in [-0.25, -0.2) is 0 Å². The highest BCUT2D eigenvalue weighted by Gasteiger charge is 2.01. The van der Waals surface area contributed by atoms with E-state index in [4.69, 9.17) is 0 Å². The third-order valence-corrected chi connectivity index (χ3v) is 3.59. The van der Waals surface area contributed by atoms with E-state index < -0.39 is 0 Å². The first kappa shape index (κ1) is 16.5. The molecule has 19 heavy (non-hydrogen) atoms. The number of hydrogen-bond donors (Lipinski definition) is 1. The Hall–Kier alpha value is -0.510. The minimum Gasteiger partial charge on any atom is -0.312 e. The van der Waals surface area contributed by atoms with Gasteiger partial charge in [0.25, 0.3) is 0 Å². The largest absolute Gasteiger partial charge is 0.312 e. The lowest BCUT2D eigenvalue weighted by molar-refractivity contribution is 0.348. The summed E-state index contributed by atoms with van der Waals surface area (Å²) in [6.45, 7) is 8.72. The van der Waals surface area contributed by atoms with Crippen molar-refractivity contribution in [2.45, 2.75) is 26.9 Å². The molecule has 0 aliphatic rings. The van der Waals surface area contributed by atoms with E-state index in [1.165, 1.54) is 16.9 Å². The molecule has 0 aliphatic carbocycles. The maximum absolute atomic E-state index is 3.50. The zero-order valence-corrected chi connectivity index (χ0v) is 13.6. The average Bonchev–Trinajstić information content (AvgIpc) is 2.36. The minimum absolute atomic E-state index is 0.709. The first-order valence-corrected chi connectivity index (χ1v) is 8.47. The lowest BCUT2D eigenvalue weighted by Gasteiger charge is -2.16. The summed E-state index contributed by atoms with van der Waals surface area (Å²) >= 11 is 1.91. The number of nitrogens with one attached hydrogen (secondary N) is 1. The Balaban J connectivity index is 2.42. The van der Waals surface area contributed by atoms with Gasteiger partial charge in [0, 0.05) is 25.4 Å². The van der Waals surface area contributed by atoms with Crippen molar-refractivity contribution >= 4 is 11.8 Å². The van der Waals surface area contributed by atoms with E-state index in [0.717, 1.165) is 26.2 Å². The maximum atomic E-state index is 3.50. The summed E-state index contributed by atoms with van der Waals surface area (Å²) in [7, 11) is 2.19. The van der Waals surface area contributed by atoms with Gasteiger partial charge in [-0.2, -0.15) is 11.8 Å². The van der Waals surface area contributed by atoms with Gasteiger partial charge in [-0.3, -0.25) is 0 Å². The predicted octanol–water partition coefficient (Wildman–Crippen LogP) is 3.23. The van der Waals surface area contributed by atoms with Crippen LogP contribution in [-0.2, 0) is 13.1 Å². The average molecular weight is 280 g/mol. The molecule has 0 radical (unpaired) electrons. The molecule has 0 aliphatic heterocycles. The van der Waals surface area contributed by atoms with E-state index in [1.54, 1.807) is 0 Å². The molecule has 1 N–H and O–H groups in total. The molecular weight excluding hydrogens is 252 g/mol. The van der Waals surface area contributed by atoms with Crippen molar-refractivity contribution in [1.82, 2.24) is 10.2 Å². The van der Waals surface area contributed by atoms with Crippen molar-refractivity contribution in [3.8, 4) is 0 Å². The lowest BCUT2D eigenvalue weighted by Crippen LogP contribution is -2.21. The third kappa shape index (κ3) is 7.61. The normalized spacial score (nSPS) is 11.5. The maximum Gasteiger partial charge on any atom is 0.0231 e. The molecule has 1 aromatic carbocycles. The van der Waals surface area contributed by atoms with Crippen molar-refractivity contribution in [3.05, 3.63) is 35.4 Å². The molecule has 2 nitrogen and oxygen atoms in total. The Morgan fingerprint density at radius 1 is 1.26 bits per heavy atom. The van der Waals surface area contributed by atoms with E-state index in [1.807, 2.05) is 11.8 Å². The minimum atomic E-state index is 0.709. The molecule has 0 saturated heterocycles. The summed E-state index contributed by atoms with van der Waals surface area (Å²) in [6, 6.07) is 8.92. The van der Waals surface area contributed by atoms with Crippen LogP contribution >= 0.6 is 11.8 Å². The van der Waals surface area contributed by atoms with Crippen LogP contribution in [0.2, 0.25) is 0 Å². The smallest absolute Gasteiger partial charge is 0.0231 e. The second kappa shape index (κ2) is 9.40. The molecule has 0 fully saturated rings. The summed E-state index contributed by atoms with van der Waals surface area (Å²) in [5, 5.41) is 3.50. The number of nitrogens with zero attached hydrogens (tertiary/aromatic N) is 1. The van der Waals surface area contributed by atoms with Crippen molar-refractivity contribution in [1.29, 1.82) is 0 Å². The molecule has 108 valence electrons. The highest BCUT2D eigenvalue weighted by atomic mass is 32.2. The molecule has 3 heteroatoms. The van der Waals surface area contributed by atoms with Crippen LogP contribution in [0.3, 0.4) is 0 Å². The lowest BCUT2D eigenvalue weighted by atomic mass is 10.1. The van der Waals surface area contributed by atoms with Gasteiger partial charge in [0.1, 0.15) is 0 Å². The summed E-state index contributed by atoms with van der Waals surface area (Å²) in [4.78, 5) is 2.39. The molecule has 0 heterocycles. The Morgan fingerprint density at radius 2 is 2.00 bits per heavy atom. The molecule has 0 aromatic heterocycles. The monoisotopic (exact) mass is 280 g/mol. The molecular formula is C16H28N2S. The highest BCUT2D eigenvalue weighted by Crippen LogP contribution is 2.08. The second-order valence-electron chi connectivity index (χ2n) is 5.58. The van der Waals surface area contributed by atoms with Crippen molar-refractivity contribution in [3.63, 3.8) is 0 Å². The van der Waals surface area contributed by atoms with Crippen molar-refractivity contribution in [2.24, 2.45) is 5.92 Å². The SMILES string of the molecule is CSCCN(C)Cc1cccc(CNCC(C)C)c1. The second-order valence-corrected chi connectivity index (χ2v) is 6.56. The quantitative estimate of drug-likeness (QED) is 0.747. The summed E-state index contributed by atoms with van der Waals surface area (Å²) < 4.78 is 0. The van der Waals surface area contributed by atoms with Crippen molar-refractivity contribution in [2.75, 3.05) is 32.1 Å². The summed E-state index contributed by atoms with van der Waals surface area (Å²) in [5.41, 5.74) is 2.80. The predicted molar refractivity (Wildman–Crippen MR) is 87.7 cm³/mol. The Morgan fingerprint density at radius 3 is 2.68 bits per heavy atom. The molecule has 0 unspecified atom stereocenters. The molecule has 0 spiro atoms. The molecule has 0 saturated carbocycles. The van der Waals surface area contributed by atoms with Gasteiger partial charge in [0.05, 0.1) is 0 Å². The van der Waals surface area contributed by atoms with E-state index in [0.29, 0.717) is 5.92 Å². The summed E-state index contributed by atoms with van der Waals surface area (Å²) in [6.07, 6.45) is 2.16. The number of benzene rings is 1. The molecule has 0 amide bonds. The van der Waals surface area contributed by atoms with Crippen molar-refractivity contribution < 1.29 is 0 Å². The first-order valence-electron chi connectivity index (χ1n) is 7.08. The van der Waals surface area contributed by atoms with Gasteiger partial charge in [-0.15, -0.1) is 0 Å². The van der Waals surface area contributed by atoms with Crippen LogP contribution in [-0.4, -0.2) is 37.0 Å². The van der Waals surface area contributed by atoms with Gasteiger partial charge >= 0.3 is 0 Å². The summed E-state index contributed by atoms with van der Waals surface area (Å²) in [5.74, 6) is 1.91. The number of hydrogen-bond acceptors (Lipinski definition) is 3. The van der Waals surface area contributed by atoms with Crippen LogP contribution in [0.1, 0.15) is 25.0 Å². The topological polar surface area (TPSA) is 15.3 Å². The fraction of sp³-hybridized carbons (Fsp3) is 0.625. The van der Waals surface area contributed by atoms with Crippen LogP contribution in [0.4, 0.5) is 0 Å². The molecule has 0 bridgehead atoms. The fourth-order valence-electron chi connectivity index (χ4n) is 1.98. The zero-order chi connectivity index (χ0) is 14.1. The van der Waals surface area contributed by atoms with E-state index in [2.05, 4.69) is 61.6 Å². The highest BCUT2D eigenvalue weighted by molar-refractivity contribution is 7.98.